The normalized spacial score (nSPS) is 15.9. The number of carboxylic acids is 1. The van der Waals surface area contributed by atoms with Gasteiger partial charge in [0.1, 0.15) is 10.8 Å². The van der Waals surface area contributed by atoms with Gasteiger partial charge in [0.15, 0.2) is 6.10 Å². The molecule has 0 unspecified atom stereocenters. The van der Waals surface area contributed by atoms with Crippen molar-refractivity contribution in [3.05, 3.63) is 70.5 Å². The fraction of sp³-hybridized carbons (Fsp3) is 0.382. The van der Waals surface area contributed by atoms with Gasteiger partial charge in [-0.15, -0.1) is 11.3 Å². The molecule has 1 aliphatic heterocycles. The Hall–Kier alpha value is -3.30. The summed E-state index contributed by atoms with van der Waals surface area (Å²) in [5.74, 6) is 0.00759. The number of aromatic nitrogens is 3. The third-order valence-corrected chi connectivity index (χ3v) is 9.57. The average molecular weight is 617 g/mol. The molecule has 0 radical (unpaired) electrons. The highest BCUT2D eigenvalue weighted by atomic mass is 35.5. The Bertz CT molecular complexity index is 1830. The van der Waals surface area contributed by atoms with Crippen molar-refractivity contribution in [3.63, 3.8) is 0 Å². The van der Waals surface area contributed by atoms with E-state index in [4.69, 9.17) is 26.3 Å². The minimum atomic E-state index is -1.15. The fourth-order valence-corrected chi connectivity index (χ4v) is 7.48. The van der Waals surface area contributed by atoms with Gasteiger partial charge in [-0.3, -0.25) is 0 Å². The zero-order valence-electron chi connectivity index (χ0n) is 25.4. The monoisotopic (exact) mass is 616 g/mol. The summed E-state index contributed by atoms with van der Waals surface area (Å²) in [5.41, 5.74) is 6.40. The topological polar surface area (TPSA) is 80.5 Å². The van der Waals surface area contributed by atoms with Gasteiger partial charge in [-0.25, -0.2) is 14.8 Å². The summed E-state index contributed by atoms with van der Waals surface area (Å²) in [6.07, 6.45) is 1.09. The molecule has 0 spiro atoms. The molecule has 1 fully saturated rings. The van der Waals surface area contributed by atoms with Gasteiger partial charge in [0.05, 0.1) is 26.9 Å². The van der Waals surface area contributed by atoms with E-state index in [1.165, 1.54) is 0 Å². The van der Waals surface area contributed by atoms with Crippen LogP contribution in [0.15, 0.2) is 48.5 Å². The number of rotatable bonds is 6. The largest absolute Gasteiger partial charge is 0.479 e. The molecule has 1 aliphatic rings. The second-order valence-electron chi connectivity index (χ2n) is 12.6. The molecule has 0 bridgehead atoms. The van der Waals surface area contributed by atoms with Gasteiger partial charge < -0.3 is 19.3 Å². The van der Waals surface area contributed by atoms with Crippen molar-refractivity contribution < 1.29 is 14.6 Å². The predicted octanol–water partition coefficient (Wildman–Crippen LogP) is 8.46. The molecule has 3 aromatic carbocycles. The zero-order chi connectivity index (χ0) is 30.6. The molecule has 0 amide bonds. The number of likely N-dealkylation sites (tertiary alicyclic amines) is 1. The summed E-state index contributed by atoms with van der Waals surface area (Å²) >= 11 is 7.81. The van der Waals surface area contributed by atoms with E-state index in [0.29, 0.717) is 16.6 Å². The van der Waals surface area contributed by atoms with Crippen molar-refractivity contribution in [2.75, 3.05) is 20.1 Å². The standard InChI is InChI=1S/C34H37ClN4O3S/c1-19-17-26-31(29(21-7-10-23(35)11-8-21)28(19)30(33(40)41)42-34(3,4)5)43-32(37-26)22-9-12-27-25(18-22)36-20(2)39(27)24-13-15-38(6)16-14-24/h7-12,17-18,24,30H,13-16H2,1-6H3,(H,40,41)/t30-/m0/s1. The number of imidazole rings is 1. The van der Waals surface area contributed by atoms with Gasteiger partial charge in [0.25, 0.3) is 0 Å². The minimum absolute atomic E-state index is 0.454. The maximum absolute atomic E-state index is 12.6. The van der Waals surface area contributed by atoms with Gasteiger partial charge >= 0.3 is 5.97 Å². The molecule has 0 saturated carbocycles. The second kappa shape index (κ2) is 11.3. The predicted molar refractivity (Wildman–Crippen MR) is 175 cm³/mol. The number of halogens is 1. The molecule has 3 heterocycles. The van der Waals surface area contributed by atoms with Crippen molar-refractivity contribution >= 4 is 50.2 Å². The number of ether oxygens (including phenoxy) is 1. The molecule has 1 atom stereocenters. The van der Waals surface area contributed by atoms with E-state index in [1.807, 2.05) is 58.0 Å². The van der Waals surface area contributed by atoms with Crippen molar-refractivity contribution in [1.29, 1.82) is 0 Å². The Kier molecular flexibility index (Phi) is 7.84. The lowest BCUT2D eigenvalue weighted by molar-refractivity contribution is -0.160. The number of hydrogen-bond acceptors (Lipinski definition) is 6. The summed E-state index contributed by atoms with van der Waals surface area (Å²) in [6, 6.07) is 16.4. The van der Waals surface area contributed by atoms with Gasteiger partial charge in [0, 0.05) is 27.8 Å². The van der Waals surface area contributed by atoms with Crippen LogP contribution in [0.4, 0.5) is 0 Å². The molecule has 1 N–H and O–H groups in total. The molecule has 5 aromatic rings. The van der Waals surface area contributed by atoms with E-state index in [1.54, 1.807) is 11.3 Å². The number of thiazole rings is 1. The molecule has 224 valence electrons. The average Bonchev–Trinajstić information content (AvgIpc) is 3.51. The Morgan fingerprint density at radius 3 is 2.35 bits per heavy atom. The van der Waals surface area contributed by atoms with Crippen molar-refractivity contribution in [2.24, 2.45) is 0 Å². The highest BCUT2D eigenvalue weighted by Gasteiger charge is 2.32. The molecule has 1 saturated heterocycles. The number of aryl methyl sites for hydroxylation is 2. The first-order valence-corrected chi connectivity index (χ1v) is 15.9. The van der Waals surface area contributed by atoms with Gasteiger partial charge in [-0.2, -0.15) is 0 Å². The van der Waals surface area contributed by atoms with Crippen LogP contribution in [0.5, 0.6) is 0 Å². The SMILES string of the molecule is Cc1cc2nc(-c3ccc4c(c3)nc(C)n4C3CCN(C)CC3)sc2c(-c2ccc(Cl)cc2)c1[C@H](OC(C)(C)C)C(=O)O. The van der Waals surface area contributed by atoms with Crippen LogP contribution in [0, 0.1) is 13.8 Å². The number of carboxylic acid groups (broad SMARTS) is 1. The molecular formula is C34H37ClN4O3S. The number of fused-ring (bicyclic) bond motifs is 2. The lowest BCUT2D eigenvalue weighted by Gasteiger charge is -2.30. The van der Waals surface area contributed by atoms with E-state index in [0.717, 1.165) is 80.3 Å². The zero-order valence-corrected chi connectivity index (χ0v) is 27.0. The lowest BCUT2D eigenvalue weighted by Crippen LogP contribution is -2.31. The number of aliphatic carboxylic acids is 1. The van der Waals surface area contributed by atoms with Crippen molar-refractivity contribution in [3.8, 4) is 21.7 Å². The Labute approximate surface area is 261 Å². The lowest BCUT2D eigenvalue weighted by atomic mass is 9.91. The minimum Gasteiger partial charge on any atom is -0.479 e. The Morgan fingerprint density at radius 2 is 1.70 bits per heavy atom. The van der Waals surface area contributed by atoms with Crippen LogP contribution in [0.3, 0.4) is 0 Å². The first-order valence-electron chi connectivity index (χ1n) is 14.7. The summed E-state index contributed by atoms with van der Waals surface area (Å²) in [4.78, 5) is 25.1. The quantitative estimate of drug-likeness (QED) is 0.206. The number of hydrogen-bond donors (Lipinski definition) is 1. The van der Waals surface area contributed by atoms with Crippen LogP contribution in [0.1, 0.15) is 62.7 Å². The summed E-state index contributed by atoms with van der Waals surface area (Å²) < 4.78 is 9.47. The molecule has 7 nitrogen and oxygen atoms in total. The van der Waals surface area contributed by atoms with Gasteiger partial charge in [0.2, 0.25) is 0 Å². The van der Waals surface area contributed by atoms with Crippen LogP contribution in [-0.4, -0.2) is 56.2 Å². The van der Waals surface area contributed by atoms with E-state index < -0.39 is 17.7 Å². The molecule has 2 aromatic heterocycles. The van der Waals surface area contributed by atoms with Crippen LogP contribution in [0.25, 0.3) is 42.9 Å². The van der Waals surface area contributed by atoms with Crippen LogP contribution < -0.4 is 0 Å². The third-order valence-electron chi connectivity index (χ3n) is 8.18. The second-order valence-corrected chi connectivity index (χ2v) is 14.0. The van der Waals surface area contributed by atoms with Crippen LogP contribution in [0.2, 0.25) is 5.02 Å². The number of benzene rings is 3. The molecule has 43 heavy (non-hydrogen) atoms. The van der Waals surface area contributed by atoms with E-state index >= 15 is 0 Å². The van der Waals surface area contributed by atoms with Crippen molar-refractivity contribution in [2.45, 2.75) is 65.2 Å². The Balaban J connectivity index is 1.50. The van der Waals surface area contributed by atoms with Crippen LogP contribution >= 0.6 is 22.9 Å². The van der Waals surface area contributed by atoms with Crippen molar-refractivity contribution in [1.82, 2.24) is 19.4 Å². The molecular weight excluding hydrogens is 580 g/mol. The Morgan fingerprint density at radius 1 is 1.02 bits per heavy atom. The summed E-state index contributed by atoms with van der Waals surface area (Å²) in [5, 5.41) is 11.8. The summed E-state index contributed by atoms with van der Waals surface area (Å²) in [7, 11) is 2.18. The molecule has 0 aliphatic carbocycles. The first kappa shape index (κ1) is 29.8. The highest BCUT2D eigenvalue weighted by Crippen LogP contribution is 2.44. The maximum Gasteiger partial charge on any atom is 0.337 e. The number of piperidine rings is 1. The number of nitrogens with zero attached hydrogens (tertiary/aromatic N) is 4. The van der Waals surface area contributed by atoms with E-state index in [9.17, 15) is 9.90 Å². The van der Waals surface area contributed by atoms with Gasteiger partial charge in [-0.1, -0.05) is 23.7 Å². The number of carbonyl (C=O) groups is 1. The van der Waals surface area contributed by atoms with Crippen LogP contribution in [-0.2, 0) is 9.53 Å². The maximum atomic E-state index is 12.6. The smallest absolute Gasteiger partial charge is 0.337 e. The van der Waals surface area contributed by atoms with E-state index in [2.05, 4.69) is 41.6 Å². The fourth-order valence-electron chi connectivity index (χ4n) is 6.23. The first-order chi connectivity index (χ1) is 20.4. The summed E-state index contributed by atoms with van der Waals surface area (Å²) in [6.45, 7) is 11.8. The van der Waals surface area contributed by atoms with Gasteiger partial charge in [-0.05, 0) is 115 Å². The highest BCUT2D eigenvalue weighted by molar-refractivity contribution is 7.22. The molecule has 9 heteroatoms. The third kappa shape index (κ3) is 5.81. The molecule has 6 rings (SSSR count). The van der Waals surface area contributed by atoms with E-state index in [-0.39, 0.29) is 0 Å².